The zero-order valence-corrected chi connectivity index (χ0v) is 9.72. The standard InChI is InChI=1S/C7H3Br2NOS/c8-3-1-2-4(9)6-5(3)10-7(11)12-6/h1-2H,(H,10,11). The van der Waals surface area contributed by atoms with Crippen LogP contribution in [0.4, 0.5) is 0 Å². The number of fused-ring (bicyclic) bond motifs is 1. The molecule has 0 spiro atoms. The minimum Gasteiger partial charge on any atom is -0.311 e. The molecule has 0 saturated heterocycles. The highest BCUT2D eigenvalue weighted by Crippen LogP contribution is 2.30. The van der Waals surface area contributed by atoms with E-state index in [1.807, 2.05) is 12.1 Å². The summed E-state index contributed by atoms with van der Waals surface area (Å²) in [4.78, 5) is 13.7. The Kier molecular flexibility index (Phi) is 2.10. The van der Waals surface area contributed by atoms with E-state index in [4.69, 9.17) is 0 Å². The Balaban J connectivity index is 3.03. The molecule has 1 aromatic carbocycles. The highest BCUT2D eigenvalue weighted by Gasteiger charge is 2.05. The summed E-state index contributed by atoms with van der Waals surface area (Å²) in [6.07, 6.45) is 0. The van der Waals surface area contributed by atoms with E-state index in [1.54, 1.807) is 0 Å². The fraction of sp³-hybridized carbons (Fsp3) is 0. The first-order valence-electron chi connectivity index (χ1n) is 3.15. The van der Waals surface area contributed by atoms with Crippen LogP contribution in [-0.2, 0) is 0 Å². The van der Waals surface area contributed by atoms with Gasteiger partial charge in [0.05, 0.1) is 10.2 Å². The first kappa shape index (κ1) is 8.47. The van der Waals surface area contributed by atoms with Gasteiger partial charge in [-0.3, -0.25) is 4.79 Å². The van der Waals surface area contributed by atoms with Crippen molar-refractivity contribution in [2.75, 3.05) is 0 Å². The lowest BCUT2D eigenvalue weighted by Crippen LogP contribution is -1.89. The maximum atomic E-state index is 11.0. The molecule has 62 valence electrons. The first-order chi connectivity index (χ1) is 5.68. The van der Waals surface area contributed by atoms with Crippen molar-refractivity contribution >= 4 is 53.4 Å². The van der Waals surface area contributed by atoms with Crippen LogP contribution in [0.2, 0.25) is 0 Å². The Morgan fingerprint density at radius 3 is 2.58 bits per heavy atom. The van der Waals surface area contributed by atoms with E-state index in [1.165, 1.54) is 11.3 Å². The molecule has 0 bridgehead atoms. The second kappa shape index (κ2) is 2.97. The Bertz CT molecular complexity index is 446. The van der Waals surface area contributed by atoms with Crippen molar-refractivity contribution in [1.82, 2.24) is 4.98 Å². The van der Waals surface area contributed by atoms with E-state index >= 15 is 0 Å². The number of nitrogens with one attached hydrogen (secondary N) is 1. The maximum absolute atomic E-state index is 11.0. The van der Waals surface area contributed by atoms with Gasteiger partial charge < -0.3 is 4.98 Å². The average molecular weight is 309 g/mol. The van der Waals surface area contributed by atoms with Gasteiger partial charge >= 0.3 is 4.87 Å². The van der Waals surface area contributed by atoms with Crippen LogP contribution in [-0.4, -0.2) is 4.98 Å². The van der Waals surface area contributed by atoms with Crippen LogP contribution in [0.3, 0.4) is 0 Å². The predicted molar refractivity (Wildman–Crippen MR) is 57.8 cm³/mol. The number of hydrogen-bond donors (Lipinski definition) is 1. The van der Waals surface area contributed by atoms with Gasteiger partial charge in [0.15, 0.2) is 0 Å². The minimum absolute atomic E-state index is 0.0300. The lowest BCUT2D eigenvalue weighted by Gasteiger charge is -1.94. The summed E-state index contributed by atoms with van der Waals surface area (Å²) < 4.78 is 2.82. The van der Waals surface area contributed by atoms with Gasteiger partial charge in [-0.2, -0.15) is 0 Å². The van der Waals surface area contributed by atoms with Crippen LogP contribution in [0.25, 0.3) is 10.2 Å². The fourth-order valence-electron chi connectivity index (χ4n) is 0.970. The Morgan fingerprint density at radius 2 is 1.92 bits per heavy atom. The summed E-state index contributed by atoms with van der Waals surface area (Å²) >= 11 is 7.94. The molecule has 2 aromatic rings. The van der Waals surface area contributed by atoms with Crippen LogP contribution < -0.4 is 4.87 Å². The van der Waals surface area contributed by atoms with Gasteiger partial charge in [-0.25, -0.2) is 0 Å². The average Bonchev–Trinajstić information content (AvgIpc) is 2.41. The third-order valence-electron chi connectivity index (χ3n) is 1.48. The van der Waals surface area contributed by atoms with Gasteiger partial charge in [-0.05, 0) is 44.0 Å². The van der Waals surface area contributed by atoms with E-state index in [2.05, 4.69) is 36.8 Å². The summed E-state index contributed by atoms with van der Waals surface area (Å²) in [7, 11) is 0. The second-order valence-corrected chi connectivity index (χ2v) is 4.94. The number of thiazole rings is 1. The van der Waals surface area contributed by atoms with E-state index in [0.717, 1.165) is 19.2 Å². The molecule has 0 amide bonds. The molecule has 0 radical (unpaired) electrons. The van der Waals surface area contributed by atoms with Crippen LogP contribution in [0, 0.1) is 0 Å². The molecule has 2 rings (SSSR count). The van der Waals surface area contributed by atoms with Gasteiger partial charge in [0.2, 0.25) is 0 Å². The van der Waals surface area contributed by atoms with Crippen LogP contribution in [0.5, 0.6) is 0 Å². The summed E-state index contributed by atoms with van der Waals surface area (Å²) in [5, 5.41) is 0. The third-order valence-corrected chi connectivity index (χ3v) is 3.98. The van der Waals surface area contributed by atoms with E-state index in [9.17, 15) is 4.79 Å². The molecule has 1 aromatic heterocycles. The summed E-state index contributed by atoms with van der Waals surface area (Å²) in [5.74, 6) is 0. The molecule has 0 aliphatic heterocycles. The molecule has 1 N–H and O–H groups in total. The minimum atomic E-state index is -0.0300. The Labute approximate surface area is 88.9 Å². The lowest BCUT2D eigenvalue weighted by atomic mass is 10.3. The molecule has 2 nitrogen and oxygen atoms in total. The number of benzene rings is 1. The molecule has 0 saturated carbocycles. The van der Waals surface area contributed by atoms with Crippen molar-refractivity contribution in [2.24, 2.45) is 0 Å². The normalized spacial score (nSPS) is 10.8. The number of rotatable bonds is 0. The number of H-pyrrole nitrogens is 1. The highest BCUT2D eigenvalue weighted by atomic mass is 79.9. The summed E-state index contributed by atoms with van der Waals surface area (Å²) in [5.41, 5.74) is 0.861. The van der Waals surface area contributed by atoms with Crippen molar-refractivity contribution in [3.05, 3.63) is 30.7 Å². The smallest absolute Gasteiger partial charge is 0.305 e. The second-order valence-electron chi connectivity index (χ2n) is 2.25. The number of hydrogen-bond acceptors (Lipinski definition) is 2. The molecular formula is C7H3Br2NOS. The van der Waals surface area contributed by atoms with Gasteiger partial charge in [0, 0.05) is 8.95 Å². The van der Waals surface area contributed by atoms with Crippen LogP contribution in [0.15, 0.2) is 25.9 Å². The zero-order valence-electron chi connectivity index (χ0n) is 5.73. The Morgan fingerprint density at radius 1 is 1.25 bits per heavy atom. The van der Waals surface area contributed by atoms with Gasteiger partial charge in [0.1, 0.15) is 0 Å². The van der Waals surface area contributed by atoms with Crippen LogP contribution >= 0.6 is 43.2 Å². The Hall–Kier alpha value is -0.130. The molecule has 12 heavy (non-hydrogen) atoms. The van der Waals surface area contributed by atoms with Crippen molar-refractivity contribution in [1.29, 1.82) is 0 Å². The van der Waals surface area contributed by atoms with Crippen molar-refractivity contribution in [3.63, 3.8) is 0 Å². The lowest BCUT2D eigenvalue weighted by molar-refractivity contribution is 1.40. The molecule has 0 unspecified atom stereocenters. The largest absolute Gasteiger partial charge is 0.311 e. The topological polar surface area (TPSA) is 32.9 Å². The van der Waals surface area contributed by atoms with Gasteiger partial charge in [-0.15, -0.1) is 0 Å². The molecule has 0 atom stereocenters. The summed E-state index contributed by atoms with van der Waals surface area (Å²) in [6, 6.07) is 3.81. The fourth-order valence-corrected chi connectivity index (χ4v) is 2.87. The van der Waals surface area contributed by atoms with Gasteiger partial charge in [0.25, 0.3) is 0 Å². The van der Waals surface area contributed by atoms with Crippen molar-refractivity contribution < 1.29 is 0 Å². The highest BCUT2D eigenvalue weighted by molar-refractivity contribution is 9.11. The van der Waals surface area contributed by atoms with Gasteiger partial charge in [-0.1, -0.05) is 11.3 Å². The third kappa shape index (κ3) is 1.26. The number of aromatic amines is 1. The van der Waals surface area contributed by atoms with Crippen molar-refractivity contribution in [3.8, 4) is 0 Å². The molecule has 5 heteroatoms. The molecular weight excluding hydrogens is 306 g/mol. The predicted octanol–water partition coefficient (Wildman–Crippen LogP) is 3.11. The van der Waals surface area contributed by atoms with E-state index in [0.29, 0.717) is 0 Å². The van der Waals surface area contributed by atoms with E-state index in [-0.39, 0.29) is 4.87 Å². The quantitative estimate of drug-likeness (QED) is 0.797. The monoisotopic (exact) mass is 307 g/mol. The van der Waals surface area contributed by atoms with Crippen molar-refractivity contribution in [2.45, 2.75) is 0 Å². The zero-order chi connectivity index (χ0) is 8.72. The molecule has 0 aliphatic carbocycles. The number of halogens is 2. The SMILES string of the molecule is O=c1[nH]c2c(Br)ccc(Br)c2s1. The number of aromatic nitrogens is 1. The molecule has 0 fully saturated rings. The first-order valence-corrected chi connectivity index (χ1v) is 5.55. The molecule has 1 heterocycles. The maximum Gasteiger partial charge on any atom is 0.305 e. The summed E-state index contributed by atoms with van der Waals surface area (Å²) in [6.45, 7) is 0. The van der Waals surface area contributed by atoms with E-state index < -0.39 is 0 Å². The van der Waals surface area contributed by atoms with Crippen LogP contribution in [0.1, 0.15) is 0 Å². The molecule has 0 aliphatic rings.